The first-order valence-corrected chi connectivity index (χ1v) is 7.06. The molecule has 2 aromatic rings. The quantitative estimate of drug-likeness (QED) is 0.896. The van der Waals surface area contributed by atoms with E-state index in [9.17, 15) is 9.90 Å². The number of rotatable bonds is 4. The van der Waals surface area contributed by atoms with Crippen molar-refractivity contribution in [1.82, 2.24) is 0 Å². The molecule has 2 aromatic carbocycles. The smallest absolute Gasteiger partial charge is 0.339 e. The highest BCUT2D eigenvalue weighted by Gasteiger charge is 2.14. The Morgan fingerprint density at radius 2 is 1.73 bits per heavy atom. The van der Waals surface area contributed by atoms with Gasteiger partial charge in [0.2, 0.25) is 0 Å². The molecule has 0 unspecified atom stereocenters. The Morgan fingerprint density at radius 1 is 1.09 bits per heavy atom. The first-order valence-electron chi connectivity index (χ1n) is 7.06. The molecule has 4 nitrogen and oxygen atoms in total. The minimum Gasteiger partial charge on any atom is -0.507 e. The summed E-state index contributed by atoms with van der Waals surface area (Å²) >= 11 is 0. The largest absolute Gasteiger partial charge is 0.507 e. The number of benzene rings is 2. The number of carbonyl (C=O) groups is 1. The van der Waals surface area contributed by atoms with Crippen molar-refractivity contribution in [2.75, 3.05) is 0 Å². The van der Waals surface area contributed by atoms with Crippen LogP contribution in [0.1, 0.15) is 42.3 Å². The number of carboxylic acid groups (broad SMARTS) is 1. The molecule has 0 amide bonds. The number of para-hydroxylation sites is 1. The fourth-order valence-corrected chi connectivity index (χ4v) is 2.09. The van der Waals surface area contributed by atoms with Crippen molar-refractivity contribution in [3.63, 3.8) is 0 Å². The molecule has 0 spiro atoms. The van der Waals surface area contributed by atoms with Crippen LogP contribution in [0.5, 0.6) is 11.5 Å². The second-order valence-corrected chi connectivity index (χ2v) is 6.18. The molecule has 0 radical (unpaired) electrons. The predicted molar refractivity (Wildman–Crippen MR) is 84.5 cm³/mol. The lowest BCUT2D eigenvalue weighted by Gasteiger charge is -2.19. The van der Waals surface area contributed by atoms with E-state index in [1.807, 2.05) is 24.3 Å². The molecule has 0 aliphatic heterocycles. The molecule has 0 aromatic heterocycles. The second kappa shape index (κ2) is 6.10. The van der Waals surface area contributed by atoms with Crippen LogP contribution in [0.25, 0.3) is 0 Å². The van der Waals surface area contributed by atoms with Gasteiger partial charge < -0.3 is 14.9 Å². The van der Waals surface area contributed by atoms with Crippen LogP contribution in [0.15, 0.2) is 42.5 Å². The molecular weight excluding hydrogens is 280 g/mol. The number of hydrogen-bond donors (Lipinski definition) is 2. The van der Waals surface area contributed by atoms with Crippen molar-refractivity contribution in [3.8, 4) is 11.5 Å². The average Bonchev–Trinajstić information content (AvgIpc) is 2.45. The third-order valence-corrected chi connectivity index (χ3v) is 3.46. The Hall–Kier alpha value is -2.49. The van der Waals surface area contributed by atoms with Crippen LogP contribution in [-0.4, -0.2) is 16.2 Å². The molecule has 0 saturated heterocycles. The maximum absolute atomic E-state index is 11.0. The van der Waals surface area contributed by atoms with E-state index in [4.69, 9.17) is 9.84 Å². The van der Waals surface area contributed by atoms with Crippen molar-refractivity contribution >= 4 is 5.97 Å². The monoisotopic (exact) mass is 300 g/mol. The van der Waals surface area contributed by atoms with Crippen molar-refractivity contribution in [1.29, 1.82) is 0 Å². The number of aromatic carboxylic acids is 1. The van der Waals surface area contributed by atoms with Gasteiger partial charge in [0.15, 0.2) is 0 Å². The third-order valence-electron chi connectivity index (χ3n) is 3.46. The average molecular weight is 300 g/mol. The van der Waals surface area contributed by atoms with E-state index in [0.717, 1.165) is 0 Å². The highest BCUT2D eigenvalue weighted by Crippen LogP contribution is 2.26. The Labute approximate surface area is 130 Å². The maximum Gasteiger partial charge on any atom is 0.339 e. The minimum absolute atomic E-state index is 0.0760. The van der Waals surface area contributed by atoms with E-state index >= 15 is 0 Å². The van der Waals surface area contributed by atoms with Gasteiger partial charge in [-0.2, -0.15) is 0 Å². The molecule has 0 aliphatic carbocycles. The zero-order valence-electron chi connectivity index (χ0n) is 13.0. The van der Waals surface area contributed by atoms with Gasteiger partial charge in [0.1, 0.15) is 23.7 Å². The van der Waals surface area contributed by atoms with E-state index in [0.29, 0.717) is 11.3 Å². The first kappa shape index (κ1) is 15.9. The molecule has 2 N–H and O–H groups in total. The standard InChI is InChI=1S/C18H20O4/c1-18(2,3)13-7-9-14(10-8-13)22-11-12-5-4-6-15(16(12)19)17(20)21/h4-10,19H,11H2,1-3H3,(H,20,21). The van der Waals surface area contributed by atoms with E-state index in [-0.39, 0.29) is 23.3 Å². The van der Waals surface area contributed by atoms with Crippen molar-refractivity contribution in [2.24, 2.45) is 0 Å². The second-order valence-electron chi connectivity index (χ2n) is 6.18. The molecule has 0 fully saturated rings. The Bertz CT molecular complexity index is 666. The maximum atomic E-state index is 11.0. The molecule has 116 valence electrons. The molecule has 0 heterocycles. The van der Waals surface area contributed by atoms with Crippen molar-refractivity contribution < 1.29 is 19.7 Å². The number of phenols is 1. The summed E-state index contributed by atoms with van der Waals surface area (Å²) in [7, 11) is 0. The van der Waals surface area contributed by atoms with Crippen LogP contribution in [-0.2, 0) is 12.0 Å². The van der Waals surface area contributed by atoms with Gasteiger partial charge in [-0.15, -0.1) is 0 Å². The van der Waals surface area contributed by atoms with Gasteiger partial charge in [0, 0.05) is 5.56 Å². The highest BCUT2D eigenvalue weighted by molar-refractivity contribution is 5.91. The SMILES string of the molecule is CC(C)(C)c1ccc(OCc2cccc(C(=O)O)c2O)cc1. The zero-order chi connectivity index (χ0) is 16.3. The van der Waals surface area contributed by atoms with Gasteiger partial charge in [0.05, 0.1) is 0 Å². The van der Waals surface area contributed by atoms with Gasteiger partial charge >= 0.3 is 5.97 Å². The highest BCUT2D eigenvalue weighted by atomic mass is 16.5. The Kier molecular flexibility index (Phi) is 4.40. The minimum atomic E-state index is -1.16. The summed E-state index contributed by atoms with van der Waals surface area (Å²) in [4.78, 5) is 11.0. The molecule has 4 heteroatoms. The normalized spacial score (nSPS) is 11.2. The van der Waals surface area contributed by atoms with Crippen molar-refractivity contribution in [2.45, 2.75) is 32.8 Å². The number of ether oxygens (including phenoxy) is 1. The van der Waals surface area contributed by atoms with Gasteiger partial charge in [-0.1, -0.05) is 45.0 Å². The Morgan fingerprint density at radius 3 is 2.27 bits per heavy atom. The Balaban J connectivity index is 2.11. The predicted octanol–water partition coefficient (Wildman–Crippen LogP) is 3.97. The van der Waals surface area contributed by atoms with Crippen LogP contribution < -0.4 is 4.74 Å². The van der Waals surface area contributed by atoms with Gasteiger partial charge in [-0.25, -0.2) is 4.79 Å². The summed E-state index contributed by atoms with van der Waals surface area (Å²) in [5, 5.41) is 18.9. The first-order chi connectivity index (χ1) is 10.3. The van der Waals surface area contributed by atoms with Gasteiger partial charge in [0.25, 0.3) is 0 Å². The number of aromatic hydroxyl groups is 1. The molecule has 22 heavy (non-hydrogen) atoms. The van der Waals surface area contributed by atoms with E-state index < -0.39 is 5.97 Å². The molecular formula is C18H20O4. The third kappa shape index (κ3) is 3.58. The number of hydrogen-bond acceptors (Lipinski definition) is 3. The van der Waals surface area contributed by atoms with E-state index in [1.165, 1.54) is 11.6 Å². The summed E-state index contributed by atoms with van der Waals surface area (Å²) in [6.45, 7) is 6.52. The van der Waals surface area contributed by atoms with Crippen LogP contribution in [0.3, 0.4) is 0 Å². The molecule has 0 aliphatic rings. The molecule has 0 bridgehead atoms. The van der Waals surface area contributed by atoms with E-state index in [1.54, 1.807) is 12.1 Å². The zero-order valence-corrected chi connectivity index (χ0v) is 13.0. The molecule has 0 atom stereocenters. The van der Waals surface area contributed by atoms with Gasteiger partial charge in [-0.05, 0) is 29.2 Å². The lowest BCUT2D eigenvalue weighted by atomic mass is 9.87. The van der Waals surface area contributed by atoms with Crippen molar-refractivity contribution in [3.05, 3.63) is 59.2 Å². The summed E-state index contributed by atoms with van der Waals surface area (Å²) in [6, 6.07) is 12.3. The summed E-state index contributed by atoms with van der Waals surface area (Å²) < 4.78 is 5.62. The summed E-state index contributed by atoms with van der Waals surface area (Å²) in [5.74, 6) is -0.733. The fourth-order valence-electron chi connectivity index (χ4n) is 2.09. The van der Waals surface area contributed by atoms with Crippen LogP contribution in [0.4, 0.5) is 0 Å². The lowest BCUT2D eigenvalue weighted by Crippen LogP contribution is -2.10. The van der Waals surface area contributed by atoms with Crippen LogP contribution >= 0.6 is 0 Å². The summed E-state index contributed by atoms with van der Waals surface area (Å²) in [6.07, 6.45) is 0. The van der Waals surface area contributed by atoms with Crippen LogP contribution in [0, 0.1) is 0 Å². The molecule has 0 saturated carbocycles. The topological polar surface area (TPSA) is 66.8 Å². The molecule has 2 rings (SSSR count). The number of carboxylic acids is 1. The van der Waals surface area contributed by atoms with E-state index in [2.05, 4.69) is 20.8 Å². The lowest BCUT2D eigenvalue weighted by molar-refractivity contribution is 0.0693. The summed E-state index contributed by atoms with van der Waals surface area (Å²) in [5.41, 5.74) is 1.60. The van der Waals surface area contributed by atoms with Gasteiger partial charge in [-0.3, -0.25) is 0 Å². The van der Waals surface area contributed by atoms with Crippen LogP contribution in [0.2, 0.25) is 0 Å². The fraction of sp³-hybridized carbons (Fsp3) is 0.278.